The van der Waals surface area contributed by atoms with Crippen LogP contribution >= 0.6 is 0 Å². The van der Waals surface area contributed by atoms with Crippen LogP contribution in [0.5, 0.6) is 0 Å². The maximum Gasteiger partial charge on any atom is 0.187 e. The van der Waals surface area contributed by atoms with Gasteiger partial charge in [0.15, 0.2) is 12.6 Å². The van der Waals surface area contributed by atoms with Gasteiger partial charge in [0, 0.05) is 0 Å². The lowest BCUT2D eigenvalue weighted by Gasteiger charge is -2.45. The Hall–Kier alpha value is -1.22. The molecule has 0 amide bonds. The third-order valence-electron chi connectivity index (χ3n) is 5.48. The first kappa shape index (κ1) is 24.4. The Balaban J connectivity index is 1.70. The van der Waals surface area contributed by atoms with Gasteiger partial charge in [0.1, 0.15) is 48.8 Å². The molecule has 2 heterocycles. The van der Waals surface area contributed by atoms with Gasteiger partial charge in [-0.05, 0) is 12.0 Å². The van der Waals surface area contributed by atoms with Crippen LogP contribution in [0.2, 0.25) is 0 Å². The van der Waals surface area contributed by atoms with E-state index in [-0.39, 0.29) is 6.61 Å². The molecule has 11 nitrogen and oxygen atoms in total. The van der Waals surface area contributed by atoms with Crippen LogP contribution in [-0.4, -0.2) is 117 Å². The third-order valence-corrected chi connectivity index (χ3v) is 5.48. The summed E-state index contributed by atoms with van der Waals surface area (Å²) in [5.41, 5.74) is 0.990. The van der Waals surface area contributed by atoms with Crippen LogP contribution in [0.3, 0.4) is 0 Å². The number of ether oxygens (including phenoxy) is 4. The maximum atomic E-state index is 10.5. The van der Waals surface area contributed by atoms with Gasteiger partial charge < -0.3 is 54.7 Å². The Morgan fingerprint density at radius 3 is 1.90 bits per heavy atom. The molecule has 0 bridgehead atoms. The average Bonchev–Trinajstić information content (AvgIpc) is 2.79. The Morgan fingerprint density at radius 2 is 1.29 bits per heavy atom. The molecule has 0 spiro atoms. The molecule has 176 valence electrons. The monoisotopic (exact) mass is 446 g/mol. The molecule has 11 heteroatoms. The summed E-state index contributed by atoms with van der Waals surface area (Å²) < 4.78 is 22.1. The summed E-state index contributed by atoms with van der Waals surface area (Å²) in [5, 5.41) is 69.6. The SMILES string of the molecule is OC[C@H]1O[C@H](O[C@H]2[C@H](OCCc3ccccc3)O[C@H](CO)[C@@H](O)[C@@H]2O)[C@H](O)[C@@H](O)[C@@H]1O. The predicted octanol–water partition coefficient (Wildman–Crippen LogP) is -3.13. The molecule has 2 aliphatic rings. The first-order valence-corrected chi connectivity index (χ1v) is 10.1. The number of aliphatic hydroxyl groups excluding tert-OH is 7. The zero-order valence-electron chi connectivity index (χ0n) is 16.8. The Bertz CT molecular complexity index is 660. The third kappa shape index (κ3) is 5.59. The van der Waals surface area contributed by atoms with Crippen LogP contribution in [0.15, 0.2) is 30.3 Å². The molecule has 0 radical (unpaired) electrons. The summed E-state index contributed by atoms with van der Waals surface area (Å²) in [5.74, 6) is 0. The highest BCUT2D eigenvalue weighted by Gasteiger charge is 2.50. The predicted molar refractivity (Wildman–Crippen MR) is 102 cm³/mol. The molecule has 0 aliphatic carbocycles. The second-order valence-electron chi connectivity index (χ2n) is 7.61. The van der Waals surface area contributed by atoms with E-state index in [1.54, 1.807) is 0 Å². The van der Waals surface area contributed by atoms with E-state index >= 15 is 0 Å². The average molecular weight is 446 g/mol. The summed E-state index contributed by atoms with van der Waals surface area (Å²) in [4.78, 5) is 0. The first-order chi connectivity index (χ1) is 14.9. The van der Waals surface area contributed by atoms with Crippen LogP contribution < -0.4 is 0 Å². The van der Waals surface area contributed by atoms with Gasteiger partial charge in [-0.25, -0.2) is 0 Å². The summed E-state index contributed by atoms with van der Waals surface area (Å²) in [6.07, 6.45) is -14.1. The summed E-state index contributed by atoms with van der Waals surface area (Å²) in [6, 6.07) is 9.44. The van der Waals surface area contributed by atoms with Crippen molar-refractivity contribution in [3.8, 4) is 0 Å². The molecule has 2 fully saturated rings. The number of aliphatic hydroxyl groups is 7. The van der Waals surface area contributed by atoms with Crippen LogP contribution in [0.4, 0.5) is 0 Å². The molecule has 31 heavy (non-hydrogen) atoms. The van der Waals surface area contributed by atoms with Crippen molar-refractivity contribution in [2.75, 3.05) is 19.8 Å². The van der Waals surface area contributed by atoms with Crippen molar-refractivity contribution in [2.24, 2.45) is 0 Å². The molecule has 10 atom stereocenters. The fourth-order valence-electron chi connectivity index (χ4n) is 3.61. The minimum Gasteiger partial charge on any atom is -0.394 e. The van der Waals surface area contributed by atoms with E-state index in [0.717, 1.165) is 5.56 Å². The highest BCUT2D eigenvalue weighted by atomic mass is 16.8. The first-order valence-electron chi connectivity index (χ1n) is 10.1. The molecule has 1 aromatic rings. The largest absolute Gasteiger partial charge is 0.394 e. The minimum absolute atomic E-state index is 0.157. The van der Waals surface area contributed by atoms with Gasteiger partial charge >= 0.3 is 0 Å². The smallest absolute Gasteiger partial charge is 0.187 e. The molecule has 3 rings (SSSR count). The molecule has 7 N–H and O–H groups in total. The summed E-state index contributed by atoms with van der Waals surface area (Å²) >= 11 is 0. The van der Waals surface area contributed by atoms with Gasteiger partial charge in [0.05, 0.1) is 19.8 Å². The second kappa shape index (κ2) is 11.1. The fraction of sp³-hybridized carbons (Fsp3) is 0.700. The van der Waals surface area contributed by atoms with Crippen molar-refractivity contribution in [1.82, 2.24) is 0 Å². The Kier molecular flexibility index (Phi) is 8.73. The Labute approximate surface area is 179 Å². The van der Waals surface area contributed by atoms with Crippen LogP contribution in [0, 0.1) is 0 Å². The molecule has 0 unspecified atom stereocenters. The molecule has 0 saturated carbocycles. The highest BCUT2D eigenvalue weighted by Crippen LogP contribution is 2.29. The topological polar surface area (TPSA) is 179 Å². The van der Waals surface area contributed by atoms with Crippen LogP contribution in [0.1, 0.15) is 5.56 Å². The van der Waals surface area contributed by atoms with Gasteiger partial charge in [0.25, 0.3) is 0 Å². The van der Waals surface area contributed by atoms with Crippen molar-refractivity contribution < 1.29 is 54.7 Å². The zero-order chi connectivity index (χ0) is 22.5. The van der Waals surface area contributed by atoms with Gasteiger partial charge in [-0.1, -0.05) is 30.3 Å². The lowest BCUT2D eigenvalue weighted by molar-refractivity contribution is -0.367. The van der Waals surface area contributed by atoms with Crippen molar-refractivity contribution in [3.05, 3.63) is 35.9 Å². The Morgan fingerprint density at radius 1 is 0.710 bits per heavy atom. The van der Waals surface area contributed by atoms with Gasteiger partial charge in [-0.2, -0.15) is 0 Å². The van der Waals surface area contributed by atoms with Crippen molar-refractivity contribution >= 4 is 0 Å². The number of hydrogen-bond acceptors (Lipinski definition) is 11. The number of benzene rings is 1. The van der Waals surface area contributed by atoms with E-state index in [1.807, 2.05) is 30.3 Å². The highest BCUT2D eigenvalue weighted by molar-refractivity contribution is 5.14. The number of hydrogen-bond donors (Lipinski definition) is 7. The molecule has 2 aliphatic heterocycles. The quantitative estimate of drug-likeness (QED) is 0.215. The van der Waals surface area contributed by atoms with Crippen LogP contribution in [-0.2, 0) is 25.4 Å². The zero-order valence-corrected chi connectivity index (χ0v) is 16.8. The van der Waals surface area contributed by atoms with Crippen molar-refractivity contribution in [1.29, 1.82) is 0 Å². The molecular weight excluding hydrogens is 416 g/mol. The van der Waals surface area contributed by atoms with Gasteiger partial charge in [0.2, 0.25) is 0 Å². The van der Waals surface area contributed by atoms with Gasteiger partial charge in [-0.15, -0.1) is 0 Å². The maximum absolute atomic E-state index is 10.5. The van der Waals surface area contributed by atoms with E-state index in [1.165, 1.54) is 0 Å². The normalized spacial score (nSPS) is 41.3. The standard InChI is InChI=1S/C20H30O11/c21-8-11-13(23)15(25)17(27)19(29-11)31-18-16(26)14(24)12(9-22)30-20(18)28-7-6-10-4-2-1-3-5-10/h1-5,11-27H,6-9H2/t11-,12-,13-,14-,15+,16+,17-,18-,19-,20-/m1/s1. The number of rotatable bonds is 8. The van der Waals surface area contributed by atoms with E-state index < -0.39 is 74.6 Å². The van der Waals surface area contributed by atoms with E-state index in [4.69, 9.17) is 18.9 Å². The lowest BCUT2D eigenvalue weighted by Crippen LogP contribution is -2.64. The van der Waals surface area contributed by atoms with Gasteiger partial charge in [-0.3, -0.25) is 0 Å². The van der Waals surface area contributed by atoms with E-state index in [0.29, 0.717) is 6.42 Å². The van der Waals surface area contributed by atoms with Crippen LogP contribution in [0.25, 0.3) is 0 Å². The second-order valence-corrected chi connectivity index (χ2v) is 7.61. The summed E-state index contributed by atoms with van der Waals surface area (Å²) in [6.45, 7) is -1.07. The van der Waals surface area contributed by atoms with E-state index in [9.17, 15) is 35.7 Å². The summed E-state index contributed by atoms with van der Waals surface area (Å²) in [7, 11) is 0. The molecular formula is C20H30O11. The minimum atomic E-state index is -1.71. The van der Waals surface area contributed by atoms with Crippen molar-refractivity contribution in [2.45, 2.75) is 67.8 Å². The molecule has 0 aromatic heterocycles. The fourth-order valence-corrected chi connectivity index (χ4v) is 3.61. The van der Waals surface area contributed by atoms with Crippen molar-refractivity contribution in [3.63, 3.8) is 0 Å². The molecule has 2 saturated heterocycles. The van der Waals surface area contributed by atoms with E-state index in [2.05, 4.69) is 0 Å². The lowest BCUT2D eigenvalue weighted by atomic mass is 9.97. The molecule has 1 aromatic carbocycles.